The average Bonchev–Trinajstić information content (AvgIpc) is 2.90. The van der Waals surface area contributed by atoms with Gasteiger partial charge in [0, 0.05) is 10.7 Å². The number of nitrogens with zero attached hydrogens (tertiary/aromatic N) is 1. The van der Waals surface area contributed by atoms with E-state index in [1.54, 1.807) is 43.5 Å². The fraction of sp³-hybridized carbons (Fsp3) is 0.111. The lowest BCUT2D eigenvalue weighted by Gasteiger charge is -2.26. The van der Waals surface area contributed by atoms with Crippen molar-refractivity contribution in [2.45, 2.75) is 0 Å². The number of anilines is 2. The molecule has 1 aliphatic rings. The minimum atomic E-state index is -0.906. The van der Waals surface area contributed by atoms with Gasteiger partial charge in [-0.1, -0.05) is 29.3 Å². The fourth-order valence-electron chi connectivity index (χ4n) is 3.65. The number of hydrogen-bond donors (Lipinski definition) is 2. The molecule has 0 unspecified atom stereocenters. The fourth-order valence-corrected chi connectivity index (χ4v) is 4.10. The molecule has 4 rings (SSSR count). The Hall–Kier alpha value is -4.54. The third kappa shape index (κ3) is 6.31. The van der Waals surface area contributed by atoms with Crippen molar-refractivity contribution < 1.29 is 33.4 Å². The summed E-state index contributed by atoms with van der Waals surface area (Å²) in [5, 5.41) is 5.19. The van der Waals surface area contributed by atoms with Crippen molar-refractivity contribution in [1.29, 1.82) is 0 Å². The first kappa shape index (κ1) is 27.5. The lowest BCUT2D eigenvalue weighted by Crippen LogP contribution is -2.54. The van der Waals surface area contributed by atoms with E-state index in [2.05, 4.69) is 10.6 Å². The van der Waals surface area contributed by atoms with E-state index < -0.39 is 23.8 Å². The Labute approximate surface area is 233 Å². The molecule has 0 aromatic heterocycles. The van der Waals surface area contributed by atoms with Crippen molar-refractivity contribution in [3.05, 3.63) is 81.8 Å². The summed E-state index contributed by atoms with van der Waals surface area (Å²) in [5.74, 6) is -1.29. The zero-order valence-corrected chi connectivity index (χ0v) is 22.1. The van der Waals surface area contributed by atoms with Gasteiger partial charge in [0.1, 0.15) is 11.3 Å². The second-order valence-corrected chi connectivity index (χ2v) is 8.88. The number of urea groups is 1. The third-order valence-electron chi connectivity index (χ3n) is 5.45. The molecule has 5 amide bonds. The molecule has 39 heavy (non-hydrogen) atoms. The number of imide groups is 2. The number of rotatable bonds is 8. The molecule has 2 N–H and O–H groups in total. The van der Waals surface area contributed by atoms with E-state index in [0.29, 0.717) is 22.0 Å². The van der Waals surface area contributed by atoms with Crippen molar-refractivity contribution >= 4 is 64.4 Å². The molecule has 200 valence electrons. The van der Waals surface area contributed by atoms with E-state index in [4.69, 9.17) is 37.4 Å². The highest BCUT2D eigenvalue weighted by atomic mass is 35.5. The first-order valence-corrected chi connectivity index (χ1v) is 12.1. The highest BCUT2D eigenvalue weighted by Crippen LogP contribution is 2.37. The number of halogens is 2. The maximum Gasteiger partial charge on any atom is 0.335 e. The number of amides is 5. The molecule has 3 aromatic carbocycles. The molecular weight excluding hydrogens is 549 g/mol. The topological polar surface area (TPSA) is 123 Å². The largest absolute Gasteiger partial charge is 0.497 e. The molecule has 0 saturated carbocycles. The van der Waals surface area contributed by atoms with Crippen LogP contribution in [-0.2, 0) is 14.4 Å². The molecular formula is C27H21Cl2N3O7. The van der Waals surface area contributed by atoms with Gasteiger partial charge in [-0.2, -0.15) is 0 Å². The van der Waals surface area contributed by atoms with Crippen molar-refractivity contribution in [2.24, 2.45) is 0 Å². The highest BCUT2D eigenvalue weighted by molar-refractivity contribution is 6.39. The lowest BCUT2D eigenvalue weighted by molar-refractivity contribution is -0.122. The Morgan fingerprint density at radius 3 is 2.41 bits per heavy atom. The monoisotopic (exact) mass is 569 g/mol. The van der Waals surface area contributed by atoms with E-state index in [-0.39, 0.29) is 34.4 Å². The summed E-state index contributed by atoms with van der Waals surface area (Å²) in [6.07, 6.45) is 1.26. The number of carbonyl (C=O) groups excluding carboxylic acids is 4. The standard InChI is InChI=1S/C27H21Cl2N3O7/c1-37-19-8-6-17(7-9-19)30-23(33)14-39-24-21(29)11-15(12-22(24)38-2)10-20-25(34)31-27(36)32(26(20)35)18-5-3-4-16(28)13-18/h3-13H,14H2,1-2H3,(H,30,33)(H,31,34,36)/b20-10+. The van der Waals surface area contributed by atoms with Crippen molar-refractivity contribution in [3.8, 4) is 17.2 Å². The number of ether oxygens (including phenoxy) is 3. The Balaban J connectivity index is 1.53. The molecule has 0 atom stereocenters. The molecule has 0 spiro atoms. The number of carbonyl (C=O) groups is 4. The maximum absolute atomic E-state index is 13.1. The molecule has 3 aromatic rings. The first-order chi connectivity index (χ1) is 18.7. The van der Waals surface area contributed by atoms with Crippen LogP contribution in [0.4, 0.5) is 16.2 Å². The minimum absolute atomic E-state index is 0.0601. The number of benzene rings is 3. The summed E-state index contributed by atoms with van der Waals surface area (Å²) in [5.41, 5.74) is 0.729. The first-order valence-electron chi connectivity index (χ1n) is 11.3. The summed E-state index contributed by atoms with van der Waals surface area (Å²) in [6.45, 7) is -0.375. The van der Waals surface area contributed by atoms with Gasteiger partial charge in [0.25, 0.3) is 17.7 Å². The molecule has 10 nitrogen and oxygen atoms in total. The van der Waals surface area contributed by atoms with Crippen molar-refractivity contribution in [1.82, 2.24) is 5.32 Å². The van der Waals surface area contributed by atoms with Crippen LogP contribution in [0.2, 0.25) is 10.0 Å². The smallest absolute Gasteiger partial charge is 0.335 e. The van der Waals surface area contributed by atoms with E-state index in [9.17, 15) is 19.2 Å². The molecule has 1 heterocycles. The molecule has 0 aliphatic carbocycles. The van der Waals surface area contributed by atoms with Crippen LogP contribution in [0.5, 0.6) is 17.2 Å². The quantitative estimate of drug-likeness (QED) is 0.298. The third-order valence-corrected chi connectivity index (χ3v) is 5.97. The van der Waals surface area contributed by atoms with E-state index in [1.165, 1.54) is 37.5 Å². The van der Waals surface area contributed by atoms with Crippen LogP contribution in [0.15, 0.2) is 66.2 Å². The number of methoxy groups -OCH3 is 2. The zero-order valence-electron chi connectivity index (χ0n) is 20.6. The van der Waals surface area contributed by atoms with Gasteiger partial charge in [0.15, 0.2) is 18.1 Å². The van der Waals surface area contributed by atoms with Crippen LogP contribution >= 0.6 is 23.2 Å². The van der Waals surface area contributed by atoms with Crippen molar-refractivity contribution in [2.75, 3.05) is 31.0 Å². The van der Waals surface area contributed by atoms with Crippen LogP contribution < -0.4 is 29.7 Å². The van der Waals surface area contributed by atoms with Gasteiger partial charge in [-0.3, -0.25) is 19.7 Å². The van der Waals surface area contributed by atoms with Crippen LogP contribution in [0.1, 0.15) is 5.56 Å². The molecule has 0 radical (unpaired) electrons. The maximum atomic E-state index is 13.1. The summed E-state index contributed by atoms with van der Waals surface area (Å²) < 4.78 is 16.0. The zero-order chi connectivity index (χ0) is 28.1. The number of barbiturate groups is 1. The van der Waals surface area contributed by atoms with Crippen LogP contribution in [0.25, 0.3) is 6.08 Å². The van der Waals surface area contributed by atoms with Gasteiger partial charge in [0.05, 0.1) is 24.9 Å². The van der Waals surface area contributed by atoms with Crippen molar-refractivity contribution in [3.63, 3.8) is 0 Å². The van der Waals surface area contributed by atoms with Crippen LogP contribution in [-0.4, -0.2) is 44.6 Å². The van der Waals surface area contributed by atoms with Gasteiger partial charge in [0.2, 0.25) is 0 Å². The summed E-state index contributed by atoms with van der Waals surface area (Å²) in [7, 11) is 2.91. The SMILES string of the molecule is COc1ccc(NC(=O)COc2c(Cl)cc(/C=C3\C(=O)NC(=O)N(c4cccc(Cl)c4)C3=O)cc2OC)cc1. The summed E-state index contributed by atoms with van der Waals surface area (Å²) in [4.78, 5) is 51.2. The molecule has 0 bridgehead atoms. The Morgan fingerprint density at radius 1 is 1.00 bits per heavy atom. The Kier molecular flexibility index (Phi) is 8.38. The van der Waals surface area contributed by atoms with Gasteiger partial charge in [-0.25, -0.2) is 9.69 Å². The normalized spacial score (nSPS) is 14.2. The highest BCUT2D eigenvalue weighted by Gasteiger charge is 2.37. The molecule has 1 fully saturated rings. The summed E-state index contributed by atoms with van der Waals surface area (Å²) >= 11 is 12.4. The van der Waals surface area contributed by atoms with Gasteiger partial charge in [-0.05, 0) is 66.2 Å². The van der Waals surface area contributed by atoms with Crippen LogP contribution in [0.3, 0.4) is 0 Å². The number of hydrogen-bond acceptors (Lipinski definition) is 7. The Morgan fingerprint density at radius 2 is 1.74 bits per heavy atom. The van der Waals surface area contributed by atoms with Gasteiger partial charge < -0.3 is 19.5 Å². The molecule has 1 saturated heterocycles. The van der Waals surface area contributed by atoms with Gasteiger partial charge >= 0.3 is 6.03 Å². The van der Waals surface area contributed by atoms with Gasteiger partial charge in [-0.15, -0.1) is 0 Å². The van der Waals surface area contributed by atoms with E-state index >= 15 is 0 Å². The minimum Gasteiger partial charge on any atom is -0.497 e. The predicted molar refractivity (Wildman–Crippen MR) is 146 cm³/mol. The number of nitrogens with one attached hydrogen (secondary N) is 2. The Bertz CT molecular complexity index is 1490. The second kappa shape index (κ2) is 11.9. The van der Waals surface area contributed by atoms with Crippen LogP contribution in [0, 0.1) is 0 Å². The summed E-state index contributed by atoms with van der Waals surface area (Å²) in [6, 6.07) is 14.8. The molecule has 12 heteroatoms. The predicted octanol–water partition coefficient (Wildman–Crippen LogP) is 4.69. The lowest BCUT2D eigenvalue weighted by atomic mass is 10.1. The van der Waals surface area contributed by atoms with E-state index in [0.717, 1.165) is 4.90 Å². The average molecular weight is 570 g/mol. The van der Waals surface area contributed by atoms with E-state index in [1.807, 2.05) is 0 Å². The second-order valence-electron chi connectivity index (χ2n) is 8.04. The molecule has 1 aliphatic heterocycles.